The van der Waals surface area contributed by atoms with Crippen LogP contribution in [-0.2, 0) is 55.4 Å². The molecule has 0 aliphatic carbocycles. The van der Waals surface area contributed by atoms with E-state index in [1.165, 1.54) is 16.7 Å². The molecule has 0 bridgehead atoms. The molecule has 1 aliphatic rings. The number of halogens is 6. The van der Waals surface area contributed by atoms with Gasteiger partial charge in [-0.05, 0) is 150 Å². The third-order valence-electron chi connectivity index (χ3n) is 12.2. The number of ether oxygens (including phenoxy) is 10. The Hall–Kier alpha value is -6.63. The Labute approximate surface area is 532 Å². The van der Waals surface area contributed by atoms with Gasteiger partial charge in [0.1, 0.15) is 44.2 Å². The zero-order valence-corrected chi connectivity index (χ0v) is 56.3. The molecule has 0 atom stereocenters. The van der Waals surface area contributed by atoms with Crippen molar-refractivity contribution in [2.75, 3.05) is 108 Å². The van der Waals surface area contributed by atoms with Gasteiger partial charge in [-0.3, -0.25) is 20.2 Å². The van der Waals surface area contributed by atoms with Gasteiger partial charge in [-0.1, -0.05) is 53.7 Å². The van der Waals surface area contributed by atoms with Gasteiger partial charge in [0.25, 0.3) is 0 Å². The first kappa shape index (κ1) is 78.6. The fraction of sp³-hybridized carbons (Fsp3) is 0.569. The van der Waals surface area contributed by atoms with Crippen molar-refractivity contribution in [1.29, 1.82) is 0 Å². The monoisotopic (exact) mass is 1320 g/mol. The number of nitrogens with one attached hydrogen (secondary N) is 4. The molecule has 0 fully saturated rings. The molecule has 5 rings (SSSR count). The van der Waals surface area contributed by atoms with Crippen molar-refractivity contribution in [3.05, 3.63) is 101 Å². The number of rotatable bonds is 13. The number of carbonyl (C=O) groups excluding carboxylic acids is 4. The molecule has 0 unspecified atom stereocenters. The van der Waals surface area contributed by atoms with E-state index in [-0.39, 0.29) is 55.5 Å². The van der Waals surface area contributed by atoms with Crippen LogP contribution >= 0.6 is 7.81 Å². The van der Waals surface area contributed by atoms with Crippen molar-refractivity contribution < 1.29 is 97.0 Å². The number of aryl methyl sites for hydroxylation is 2. The number of carbonyl (C=O) groups is 4. The van der Waals surface area contributed by atoms with Gasteiger partial charge < -0.3 is 63.3 Å². The van der Waals surface area contributed by atoms with Gasteiger partial charge in [0, 0.05) is 54.1 Å². The van der Waals surface area contributed by atoms with Crippen LogP contribution in [0.25, 0.3) is 0 Å². The van der Waals surface area contributed by atoms with E-state index in [9.17, 15) is 44.4 Å². The third-order valence-corrected chi connectivity index (χ3v) is 12.2. The van der Waals surface area contributed by atoms with Gasteiger partial charge in [-0.25, -0.2) is 9.59 Å². The molecule has 4 aromatic carbocycles. The molecule has 26 heteroatoms. The zero-order valence-electron chi connectivity index (χ0n) is 55.4. The van der Waals surface area contributed by atoms with Crippen molar-refractivity contribution in [1.82, 2.24) is 5.32 Å². The molecule has 4 aromatic rings. The first-order valence-electron chi connectivity index (χ1n) is 30.3. The van der Waals surface area contributed by atoms with Crippen LogP contribution in [0.1, 0.15) is 137 Å². The normalized spacial score (nSPS) is 15.2. The Morgan fingerprint density at radius 3 is 1.23 bits per heavy atom. The first-order valence-corrected chi connectivity index (χ1v) is 32.4. The number of anilines is 3. The predicted octanol–water partition coefficient (Wildman–Crippen LogP) is 14.3. The number of benzene rings is 4. The van der Waals surface area contributed by atoms with E-state index in [0.717, 1.165) is 42.7 Å². The minimum absolute atomic E-state index is 0.0156. The Balaban J connectivity index is 0.000000443. The minimum atomic E-state index is -10.7. The molecule has 0 radical (unpaired) electrons. The number of nitrogens with two attached hydrogens (primary N) is 1. The molecule has 6 N–H and O–H groups in total. The number of quaternary nitrogens is 1. The van der Waals surface area contributed by atoms with Crippen LogP contribution < -0.4 is 45.5 Å². The summed E-state index contributed by atoms with van der Waals surface area (Å²) < 4.78 is 116. The summed E-state index contributed by atoms with van der Waals surface area (Å²) in [5.74, 6) is 1.79. The number of unbranched alkanes of at least 4 members (excludes halogenated alkanes) is 1. The van der Waals surface area contributed by atoms with E-state index in [2.05, 4.69) is 92.4 Å². The third kappa shape index (κ3) is 39.4. The van der Waals surface area contributed by atoms with Crippen molar-refractivity contribution >= 4 is 48.9 Å². The molecule has 0 saturated heterocycles. The van der Waals surface area contributed by atoms with Crippen LogP contribution in [0.2, 0.25) is 0 Å². The van der Waals surface area contributed by atoms with Crippen LogP contribution in [0.3, 0.4) is 0 Å². The molecule has 514 valence electrons. The molecule has 1 heterocycles. The Bertz CT molecular complexity index is 2770. The van der Waals surface area contributed by atoms with E-state index in [1.807, 2.05) is 26.0 Å². The van der Waals surface area contributed by atoms with E-state index < -0.39 is 31.2 Å². The number of fused-ring (bicyclic) bond motifs is 2. The van der Waals surface area contributed by atoms with Gasteiger partial charge in [-0.15, -0.1) is 0 Å². The predicted molar refractivity (Wildman–Crippen MR) is 342 cm³/mol. The van der Waals surface area contributed by atoms with Gasteiger partial charge in [0.05, 0.1) is 59.4 Å². The SMILES string of the molecule is CC(C)(C)OC(=O)Nc1ccc2c(c1)OCCOCCOCCOc1cc(NC(=O)OC(C)(C)C)ccc1OCCOCCOCCO2.Cc1cc(C)cc(NC(=O)CCNC(=O)CCCC[NH2+]Cc2cc(C(C)(C)C)cc(C(C)(C)C)c2)c1.F[P-](F)(F)(F)(F)F. The first-order chi connectivity index (χ1) is 42.1. The topological polar surface area (TPSA) is 225 Å². The van der Waals surface area contributed by atoms with Gasteiger partial charge in [-0.2, -0.15) is 0 Å². The van der Waals surface area contributed by atoms with Crippen LogP contribution in [0.4, 0.5) is 51.8 Å². The molecule has 91 heavy (non-hydrogen) atoms. The zero-order chi connectivity index (χ0) is 68.2. The van der Waals surface area contributed by atoms with E-state index in [1.54, 1.807) is 77.9 Å². The summed E-state index contributed by atoms with van der Waals surface area (Å²) in [6.45, 7) is 34.4. The molecular formula is C65H98F6N5O14P. The van der Waals surface area contributed by atoms with Crippen molar-refractivity contribution in [3.63, 3.8) is 0 Å². The summed E-state index contributed by atoms with van der Waals surface area (Å²) in [4.78, 5) is 48.8. The molecule has 0 saturated carbocycles. The second-order valence-electron chi connectivity index (χ2n) is 25.6. The summed E-state index contributed by atoms with van der Waals surface area (Å²) >= 11 is 0. The van der Waals surface area contributed by atoms with Gasteiger partial charge in [0.15, 0.2) is 23.0 Å². The van der Waals surface area contributed by atoms with Crippen molar-refractivity contribution in [2.45, 2.75) is 151 Å². The van der Waals surface area contributed by atoms with Crippen LogP contribution in [0.15, 0.2) is 72.8 Å². The maximum absolute atomic E-state index is 12.3. The van der Waals surface area contributed by atoms with E-state index in [4.69, 9.17) is 47.4 Å². The van der Waals surface area contributed by atoms with Crippen LogP contribution in [0.5, 0.6) is 23.0 Å². The molecule has 0 spiro atoms. The van der Waals surface area contributed by atoms with Crippen LogP contribution in [-0.4, -0.2) is 128 Å². The standard InChI is InChI=1S/C34H50N2O12.C31H47N3O2.F6P/c1-33(2,3)47-31(37)35-25-7-9-27-29(23-25)45-21-17-41-13-14-42-18-22-46-30-24-26(36-32(38)48-34(4,5)6)8-10-28(30)44-20-16-40-12-11-39-15-19-43-27;1-22-15-23(2)17-27(16-22)34-29(36)12-14-33-28(35)11-9-10-13-32-21-24-18-25(30(3,4)5)20-26(19-24)31(6,7)8;1-7(2,3,4,5)6/h7-10,23-24H,11-22H2,1-6H3,(H,35,37)(H,36,38);15-20,32H,9-14,21H2,1-8H3,(H,33,35)(H,34,36);/q;;-1/p+1. The Kier molecular flexibility index (Phi) is 30.6. The van der Waals surface area contributed by atoms with Crippen LogP contribution in [0, 0.1) is 13.8 Å². The Morgan fingerprint density at radius 2 is 0.846 bits per heavy atom. The maximum atomic E-state index is 12.3. The summed E-state index contributed by atoms with van der Waals surface area (Å²) in [5, 5.41) is 13.5. The van der Waals surface area contributed by atoms with E-state index in [0.29, 0.717) is 100 Å². The fourth-order valence-corrected chi connectivity index (χ4v) is 8.16. The summed E-state index contributed by atoms with van der Waals surface area (Å²) in [5.41, 5.74) is 7.15. The number of amides is 4. The van der Waals surface area contributed by atoms with E-state index >= 15 is 0 Å². The molecule has 1 aliphatic heterocycles. The molecule has 0 aromatic heterocycles. The van der Waals surface area contributed by atoms with Gasteiger partial charge in [0.2, 0.25) is 11.8 Å². The van der Waals surface area contributed by atoms with Crippen molar-refractivity contribution in [3.8, 4) is 23.0 Å². The Morgan fingerprint density at radius 1 is 0.462 bits per heavy atom. The molecule has 4 amide bonds. The summed E-state index contributed by atoms with van der Waals surface area (Å²) in [6.07, 6.45) is 1.47. The number of hydrogen-bond donors (Lipinski definition) is 5. The van der Waals surface area contributed by atoms with Gasteiger partial charge >= 0.3 is 45.2 Å². The quantitative estimate of drug-likeness (QED) is 0.0477. The molecular weight excluding hydrogens is 1220 g/mol. The molecule has 19 nitrogen and oxygen atoms in total. The average molecular weight is 1320 g/mol. The second kappa shape index (κ2) is 35.4. The summed E-state index contributed by atoms with van der Waals surface area (Å²) in [7, 11) is -10.7. The summed E-state index contributed by atoms with van der Waals surface area (Å²) in [6, 6.07) is 23.2. The second-order valence-corrected chi connectivity index (χ2v) is 27.5. The average Bonchev–Trinajstić information content (AvgIpc) is 0.954. The van der Waals surface area contributed by atoms with Crippen molar-refractivity contribution in [2.24, 2.45) is 0 Å². The number of hydrogen-bond acceptors (Lipinski definition) is 14. The fourth-order valence-electron chi connectivity index (χ4n) is 8.16.